The van der Waals surface area contributed by atoms with Gasteiger partial charge in [-0.1, -0.05) is 55.3 Å². The van der Waals surface area contributed by atoms with E-state index < -0.39 is 17.7 Å². The minimum absolute atomic E-state index is 0.119. The zero-order valence-electron chi connectivity index (χ0n) is 15.4. The lowest BCUT2D eigenvalue weighted by atomic mass is 10.1. The molecule has 0 aliphatic carbocycles. The van der Waals surface area contributed by atoms with E-state index in [1.54, 1.807) is 30.3 Å². The first-order valence-corrected chi connectivity index (χ1v) is 9.14. The Balaban J connectivity index is 2.03. The Morgan fingerprint density at radius 3 is 2.21 bits per heavy atom. The Kier molecular flexibility index (Phi) is 8.11. The van der Waals surface area contributed by atoms with Crippen LogP contribution in [-0.2, 0) is 11.2 Å². The molecule has 0 heterocycles. The van der Waals surface area contributed by atoms with E-state index in [4.69, 9.17) is 0 Å². The number of rotatable bonds is 11. The number of ether oxygens (including phenoxy) is 1. The Hall–Kier alpha value is -2.76. The Morgan fingerprint density at radius 2 is 1.61 bits per heavy atom. The average molecular weight is 392 g/mol. The largest absolute Gasteiger partial charge is 0.478 e. The molecule has 0 aromatic heterocycles. The molecule has 0 atom stereocenters. The predicted octanol–water partition coefficient (Wildman–Crippen LogP) is 5.90. The summed E-state index contributed by atoms with van der Waals surface area (Å²) in [5, 5.41) is 9.20. The smallest absolute Gasteiger partial charge is 0.433 e. The highest BCUT2D eigenvalue weighted by Gasteiger charge is 2.42. The van der Waals surface area contributed by atoms with Crippen LogP contribution >= 0.6 is 0 Å². The number of aliphatic carboxylic acids is 1. The summed E-state index contributed by atoms with van der Waals surface area (Å²) >= 11 is 0. The van der Waals surface area contributed by atoms with Crippen molar-refractivity contribution >= 4 is 12.0 Å². The molecule has 0 saturated carbocycles. The second-order valence-corrected chi connectivity index (χ2v) is 6.39. The SMILES string of the molecule is O=C(O)/C(=C\c1ccccc1)C(F)(F)Oc1ccc(CCCCCCF)cc1. The summed E-state index contributed by atoms with van der Waals surface area (Å²) in [6.07, 6.45) is 0.854. The van der Waals surface area contributed by atoms with Crippen molar-refractivity contribution in [3.8, 4) is 5.75 Å². The lowest BCUT2D eigenvalue weighted by molar-refractivity contribution is -0.160. The zero-order valence-corrected chi connectivity index (χ0v) is 15.4. The number of halogens is 3. The number of aryl methyl sites for hydroxylation is 1. The van der Waals surface area contributed by atoms with Gasteiger partial charge < -0.3 is 9.84 Å². The van der Waals surface area contributed by atoms with Crippen molar-refractivity contribution in [3.63, 3.8) is 0 Å². The summed E-state index contributed by atoms with van der Waals surface area (Å²) in [6.45, 7) is -0.308. The van der Waals surface area contributed by atoms with E-state index in [2.05, 4.69) is 4.74 Å². The van der Waals surface area contributed by atoms with Crippen LogP contribution in [0.25, 0.3) is 6.08 Å². The molecular weight excluding hydrogens is 369 g/mol. The Morgan fingerprint density at radius 1 is 0.964 bits per heavy atom. The normalized spacial score (nSPS) is 12.0. The van der Waals surface area contributed by atoms with Gasteiger partial charge in [0, 0.05) is 0 Å². The zero-order chi connectivity index (χ0) is 20.4. The van der Waals surface area contributed by atoms with Crippen LogP contribution in [0.3, 0.4) is 0 Å². The third-order valence-corrected chi connectivity index (χ3v) is 4.17. The molecule has 0 aliphatic heterocycles. The lowest BCUT2D eigenvalue weighted by Crippen LogP contribution is -2.31. The van der Waals surface area contributed by atoms with Crippen molar-refractivity contribution < 1.29 is 27.8 Å². The van der Waals surface area contributed by atoms with Crippen LogP contribution in [0.5, 0.6) is 5.75 Å². The van der Waals surface area contributed by atoms with Gasteiger partial charge >= 0.3 is 12.1 Å². The minimum atomic E-state index is -3.99. The van der Waals surface area contributed by atoms with E-state index in [-0.39, 0.29) is 12.4 Å². The van der Waals surface area contributed by atoms with E-state index in [0.29, 0.717) is 12.0 Å². The van der Waals surface area contributed by atoms with Gasteiger partial charge in [0.1, 0.15) is 11.3 Å². The molecule has 3 nitrogen and oxygen atoms in total. The first-order valence-electron chi connectivity index (χ1n) is 9.14. The molecule has 1 N–H and O–H groups in total. The fourth-order valence-corrected chi connectivity index (χ4v) is 2.69. The molecule has 0 aliphatic rings. The quantitative estimate of drug-likeness (QED) is 0.383. The highest BCUT2D eigenvalue weighted by atomic mass is 19.3. The van der Waals surface area contributed by atoms with Crippen molar-refractivity contribution in [3.05, 3.63) is 71.3 Å². The maximum Gasteiger partial charge on any atom is 0.433 e. The standard InChI is InChI=1S/C22H23F3O3/c23-15-7-2-1-4-8-17-11-13-19(14-12-17)28-22(24,25)20(21(26)27)16-18-9-5-3-6-10-18/h3,5-6,9-14,16H,1-2,4,7-8,15H2,(H,26,27)/b20-16+. The molecule has 0 unspecified atom stereocenters. The summed E-state index contributed by atoms with van der Waals surface area (Å²) in [4.78, 5) is 11.3. The van der Waals surface area contributed by atoms with E-state index in [9.17, 15) is 23.1 Å². The van der Waals surface area contributed by atoms with Crippen LogP contribution in [0.2, 0.25) is 0 Å². The maximum atomic E-state index is 14.4. The first-order chi connectivity index (χ1) is 13.4. The molecule has 0 amide bonds. The third-order valence-electron chi connectivity index (χ3n) is 4.17. The number of carboxylic acids is 1. The molecule has 0 spiro atoms. The van der Waals surface area contributed by atoms with Crippen LogP contribution in [0.15, 0.2) is 60.2 Å². The molecule has 0 saturated heterocycles. The fourth-order valence-electron chi connectivity index (χ4n) is 2.69. The van der Waals surface area contributed by atoms with E-state index in [1.165, 1.54) is 24.3 Å². The van der Waals surface area contributed by atoms with Crippen molar-refractivity contribution in [2.75, 3.05) is 6.67 Å². The van der Waals surface area contributed by atoms with Crippen LogP contribution in [-0.4, -0.2) is 23.9 Å². The van der Waals surface area contributed by atoms with Gasteiger partial charge in [-0.25, -0.2) is 4.79 Å². The Bertz CT molecular complexity index is 771. The highest BCUT2D eigenvalue weighted by molar-refractivity contribution is 5.93. The lowest BCUT2D eigenvalue weighted by Gasteiger charge is -2.19. The van der Waals surface area contributed by atoms with Crippen LogP contribution < -0.4 is 4.74 Å². The van der Waals surface area contributed by atoms with Crippen LogP contribution in [0.4, 0.5) is 13.2 Å². The van der Waals surface area contributed by atoms with Crippen molar-refractivity contribution in [2.24, 2.45) is 0 Å². The van der Waals surface area contributed by atoms with Crippen LogP contribution in [0.1, 0.15) is 36.8 Å². The average Bonchev–Trinajstić information content (AvgIpc) is 2.67. The van der Waals surface area contributed by atoms with E-state index in [0.717, 1.165) is 37.3 Å². The highest BCUT2D eigenvalue weighted by Crippen LogP contribution is 2.30. The molecule has 2 rings (SSSR count). The van der Waals surface area contributed by atoms with Gasteiger partial charge in [-0.3, -0.25) is 4.39 Å². The minimum Gasteiger partial charge on any atom is -0.478 e. The number of alkyl halides is 3. The molecule has 2 aromatic carbocycles. The maximum absolute atomic E-state index is 14.4. The molecule has 0 fully saturated rings. The molecule has 2 aromatic rings. The van der Waals surface area contributed by atoms with Gasteiger partial charge in [-0.15, -0.1) is 0 Å². The molecule has 0 radical (unpaired) electrons. The van der Waals surface area contributed by atoms with Gasteiger partial charge in [0.05, 0.1) is 6.67 Å². The number of hydrogen-bond donors (Lipinski definition) is 1. The van der Waals surface area contributed by atoms with E-state index in [1.807, 2.05) is 0 Å². The number of unbranched alkanes of at least 4 members (excludes halogenated alkanes) is 3. The third kappa shape index (κ3) is 6.76. The van der Waals surface area contributed by atoms with Crippen molar-refractivity contribution in [1.82, 2.24) is 0 Å². The summed E-state index contributed by atoms with van der Waals surface area (Å²) in [5.41, 5.74) is 0.149. The summed E-state index contributed by atoms with van der Waals surface area (Å²) in [6, 6.07) is 14.1. The molecule has 28 heavy (non-hydrogen) atoms. The van der Waals surface area contributed by atoms with Gasteiger partial charge in [0.15, 0.2) is 0 Å². The molecule has 150 valence electrons. The van der Waals surface area contributed by atoms with Crippen molar-refractivity contribution in [2.45, 2.75) is 38.2 Å². The van der Waals surface area contributed by atoms with Gasteiger partial charge in [-0.05, 0) is 48.6 Å². The summed E-state index contributed by atoms with van der Waals surface area (Å²) in [7, 11) is 0. The summed E-state index contributed by atoms with van der Waals surface area (Å²) < 4.78 is 45.6. The second-order valence-electron chi connectivity index (χ2n) is 6.39. The molecule has 6 heteroatoms. The number of benzene rings is 2. The first kappa shape index (κ1) is 21.5. The van der Waals surface area contributed by atoms with Gasteiger partial charge in [0.25, 0.3) is 0 Å². The predicted molar refractivity (Wildman–Crippen MR) is 102 cm³/mol. The van der Waals surface area contributed by atoms with Gasteiger partial charge in [-0.2, -0.15) is 8.78 Å². The molecule has 0 bridgehead atoms. The van der Waals surface area contributed by atoms with Crippen molar-refractivity contribution in [1.29, 1.82) is 0 Å². The Labute approximate surface area is 162 Å². The number of hydrogen-bond acceptors (Lipinski definition) is 2. The monoisotopic (exact) mass is 392 g/mol. The fraction of sp³-hybridized carbons (Fsp3) is 0.318. The molecular formula is C22H23F3O3. The second kappa shape index (κ2) is 10.5. The number of carbonyl (C=O) groups is 1. The van der Waals surface area contributed by atoms with Gasteiger partial charge in [0.2, 0.25) is 0 Å². The topological polar surface area (TPSA) is 46.5 Å². The van der Waals surface area contributed by atoms with E-state index >= 15 is 0 Å². The van der Waals surface area contributed by atoms with Crippen LogP contribution in [0, 0.1) is 0 Å². The summed E-state index contributed by atoms with van der Waals surface area (Å²) in [5.74, 6) is -1.87. The number of carboxylic acid groups (broad SMARTS) is 1.